The summed E-state index contributed by atoms with van der Waals surface area (Å²) in [6.07, 6.45) is -4.29. The fourth-order valence-electron chi connectivity index (χ4n) is 3.40. The number of nitrogens with one attached hydrogen (secondary N) is 2. The Bertz CT molecular complexity index is 1140. The van der Waals surface area contributed by atoms with E-state index in [1.807, 2.05) is 19.0 Å². The third-order valence-electron chi connectivity index (χ3n) is 5.19. The molecule has 0 saturated heterocycles. The Kier molecular flexibility index (Phi) is 7.20. The van der Waals surface area contributed by atoms with Gasteiger partial charge in [0.1, 0.15) is 5.75 Å². The number of benzene rings is 2. The zero-order chi connectivity index (χ0) is 24.4. The molecule has 0 aromatic heterocycles. The van der Waals surface area contributed by atoms with Crippen molar-refractivity contribution in [3.05, 3.63) is 53.1 Å². The lowest BCUT2D eigenvalue weighted by Gasteiger charge is -2.29. The van der Waals surface area contributed by atoms with E-state index in [1.165, 1.54) is 23.1 Å². The van der Waals surface area contributed by atoms with Gasteiger partial charge < -0.3 is 20.2 Å². The van der Waals surface area contributed by atoms with Gasteiger partial charge in [-0.1, -0.05) is 6.07 Å². The first-order chi connectivity index (χ1) is 15.4. The number of hydrogen-bond acceptors (Lipinski definition) is 5. The number of amides is 2. The van der Waals surface area contributed by atoms with Gasteiger partial charge in [-0.2, -0.15) is 13.2 Å². The molecule has 33 heavy (non-hydrogen) atoms. The first kappa shape index (κ1) is 24.8. The van der Waals surface area contributed by atoms with Crippen molar-refractivity contribution in [2.45, 2.75) is 24.0 Å². The molecule has 1 aliphatic rings. The lowest BCUT2D eigenvalue weighted by Crippen LogP contribution is -2.39. The normalized spacial score (nSPS) is 14.3. The predicted octanol–water partition coefficient (Wildman–Crippen LogP) is 2.84. The van der Waals surface area contributed by atoms with Gasteiger partial charge in [-0.3, -0.25) is 0 Å². The summed E-state index contributed by atoms with van der Waals surface area (Å²) in [6.45, 7) is 1.20. The smallest absolute Gasteiger partial charge is 0.420 e. The van der Waals surface area contributed by atoms with E-state index in [0.717, 1.165) is 11.6 Å². The van der Waals surface area contributed by atoms with Crippen molar-refractivity contribution in [2.24, 2.45) is 0 Å². The van der Waals surface area contributed by atoms with Crippen LogP contribution in [-0.4, -0.2) is 63.1 Å². The van der Waals surface area contributed by atoms with Gasteiger partial charge in [-0.25, -0.2) is 17.9 Å². The molecule has 8 nitrogen and oxygen atoms in total. The third-order valence-corrected chi connectivity index (χ3v) is 6.65. The number of urea groups is 1. The highest BCUT2D eigenvalue weighted by Crippen LogP contribution is 2.37. The number of halogens is 3. The van der Waals surface area contributed by atoms with E-state index in [2.05, 4.69) is 10.0 Å². The van der Waals surface area contributed by atoms with E-state index in [4.69, 9.17) is 0 Å². The van der Waals surface area contributed by atoms with Crippen molar-refractivity contribution in [3.63, 3.8) is 0 Å². The number of carbonyl (C=O) groups is 1. The Morgan fingerprint density at radius 3 is 2.55 bits per heavy atom. The van der Waals surface area contributed by atoms with Gasteiger partial charge >= 0.3 is 12.2 Å². The van der Waals surface area contributed by atoms with Crippen LogP contribution in [0.25, 0.3) is 0 Å². The van der Waals surface area contributed by atoms with Crippen LogP contribution in [-0.2, 0) is 29.2 Å². The molecule has 2 aromatic rings. The Hall–Kier alpha value is -2.83. The van der Waals surface area contributed by atoms with Crippen LogP contribution in [0.5, 0.6) is 5.75 Å². The second-order valence-electron chi connectivity index (χ2n) is 7.96. The number of aromatic hydroxyl groups is 1. The van der Waals surface area contributed by atoms with Crippen LogP contribution in [0.2, 0.25) is 0 Å². The molecule has 0 radical (unpaired) electrons. The van der Waals surface area contributed by atoms with Crippen molar-refractivity contribution < 1.29 is 31.5 Å². The topological polar surface area (TPSA) is 102 Å². The average molecular weight is 487 g/mol. The number of alkyl halides is 3. The highest BCUT2D eigenvalue weighted by atomic mass is 32.2. The molecule has 180 valence electrons. The summed E-state index contributed by atoms with van der Waals surface area (Å²) in [7, 11) is -0.0679. The molecule has 0 saturated carbocycles. The predicted molar refractivity (Wildman–Crippen MR) is 116 cm³/mol. The zero-order valence-corrected chi connectivity index (χ0v) is 18.9. The molecule has 3 N–H and O–H groups in total. The largest absolute Gasteiger partial charge is 0.507 e. The summed E-state index contributed by atoms with van der Waals surface area (Å²) in [6, 6.07) is 6.80. The minimum Gasteiger partial charge on any atom is -0.507 e. The van der Waals surface area contributed by atoms with E-state index < -0.39 is 33.5 Å². The molecule has 0 fully saturated rings. The number of rotatable bonds is 6. The fraction of sp³-hybridized carbons (Fsp3) is 0.381. The monoisotopic (exact) mass is 486 g/mol. The summed E-state index contributed by atoms with van der Waals surface area (Å²) in [4.78, 5) is 16.0. The molecule has 3 rings (SSSR count). The molecular weight excluding hydrogens is 461 g/mol. The molecule has 2 aromatic carbocycles. The summed E-state index contributed by atoms with van der Waals surface area (Å²) in [5, 5.41) is 11.8. The molecule has 0 spiro atoms. The van der Waals surface area contributed by atoms with Crippen LogP contribution in [0.1, 0.15) is 16.7 Å². The van der Waals surface area contributed by atoms with Gasteiger partial charge in [0, 0.05) is 31.9 Å². The minimum atomic E-state index is -4.77. The van der Waals surface area contributed by atoms with Gasteiger partial charge in [-0.05, 0) is 62.0 Å². The number of nitrogens with zero attached hydrogens (tertiary/aromatic N) is 2. The summed E-state index contributed by atoms with van der Waals surface area (Å²) >= 11 is 0. The standard InChI is InChI=1S/C21H25F3N4O4S/c1-27(2)10-8-25-33(31,32)17-5-3-14-7-9-28(13-15(14)11-17)20(30)26-16-4-6-19(29)18(12-16)21(22,23)24/h3-6,11-12,25,29H,7-10,13H2,1-2H3,(H,26,30). The van der Waals surface area contributed by atoms with Crippen molar-refractivity contribution in [1.82, 2.24) is 14.5 Å². The molecule has 2 amide bonds. The van der Waals surface area contributed by atoms with Crippen LogP contribution < -0.4 is 10.0 Å². The first-order valence-electron chi connectivity index (χ1n) is 10.1. The SMILES string of the molecule is CN(C)CCNS(=O)(=O)c1ccc2c(c1)CN(C(=O)Nc1ccc(O)c(C(F)(F)F)c1)CC2. The maximum atomic E-state index is 13.0. The van der Waals surface area contributed by atoms with Gasteiger partial charge in [0.15, 0.2) is 0 Å². The quantitative estimate of drug-likeness (QED) is 0.545. The average Bonchev–Trinajstić information content (AvgIpc) is 2.73. The lowest BCUT2D eigenvalue weighted by atomic mass is 10.0. The molecule has 12 heteroatoms. The number of hydrogen-bond donors (Lipinski definition) is 3. The summed E-state index contributed by atoms with van der Waals surface area (Å²) in [5.41, 5.74) is 0.183. The maximum Gasteiger partial charge on any atom is 0.420 e. The Morgan fingerprint density at radius 2 is 1.88 bits per heavy atom. The van der Waals surface area contributed by atoms with E-state index in [-0.39, 0.29) is 23.7 Å². The number of likely N-dealkylation sites (N-methyl/N-ethyl adjacent to an activating group) is 1. The second kappa shape index (κ2) is 9.57. The second-order valence-corrected chi connectivity index (χ2v) is 9.73. The molecule has 0 aliphatic carbocycles. The Labute approximate surface area is 190 Å². The van der Waals surface area contributed by atoms with Gasteiger partial charge in [0.25, 0.3) is 0 Å². The highest BCUT2D eigenvalue weighted by Gasteiger charge is 2.34. The zero-order valence-electron chi connectivity index (χ0n) is 18.1. The van der Waals surface area contributed by atoms with Crippen molar-refractivity contribution in [3.8, 4) is 5.75 Å². The van der Waals surface area contributed by atoms with E-state index in [9.17, 15) is 31.5 Å². The number of fused-ring (bicyclic) bond motifs is 1. The van der Waals surface area contributed by atoms with Gasteiger partial charge in [0.2, 0.25) is 10.0 Å². The van der Waals surface area contributed by atoms with Crippen molar-refractivity contribution in [2.75, 3.05) is 39.0 Å². The maximum absolute atomic E-state index is 13.0. The first-order valence-corrected chi connectivity index (χ1v) is 11.6. The van der Waals surface area contributed by atoms with Gasteiger partial charge in [0.05, 0.1) is 10.5 Å². The highest BCUT2D eigenvalue weighted by molar-refractivity contribution is 7.89. The molecule has 1 aliphatic heterocycles. The number of anilines is 1. The number of phenolic OH excluding ortho intramolecular Hbond substituents is 1. The Balaban J connectivity index is 1.72. The van der Waals surface area contributed by atoms with E-state index >= 15 is 0 Å². The molecular formula is C21H25F3N4O4S. The molecule has 0 unspecified atom stereocenters. The molecule has 0 bridgehead atoms. The number of sulfonamides is 1. The summed E-state index contributed by atoms with van der Waals surface area (Å²) in [5.74, 6) is -0.930. The Morgan fingerprint density at radius 1 is 1.15 bits per heavy atom. The third kappa shape index (κ3) is 6.15. The van der Waals surface area contributed by atoms with Crippen LogP contribution in [0.3, 0.4) is 0 Å². The number of phenols is 1. The van der Waals surface area contributed by atoms with Crippen LogP contribution in [0.15, 0.2) is 41.3 Å². The molecule has 1 heterocycles. The van der Waals surface area contributed by atoms with Crippen molar-refractivity contribution >= 4 is 21.7 Å². The van der Waals surface area contributed by atoms with Crippen molar-refractivity contribution in [1.29, 1.82) is 0 Å². The van der Waals surface area contributed by atoms with Crippen LogP contribution in [0.4, 0.5) is 23.7 Å². The number of carbonyl (C=O) groups excluding carboxylic acids is 1. The van der Waals surface area contributed by atoms with E-state index in [1.54, 1.807) is 6.07 Å². The lowest BCUT2D eigenvalue weighted by molar-refractivity contribution is -0.138. The minimum absolute atomic E-state index is 0.0793. The molecule has 0 atom stereocenters. The fourth-order valence-corrected chi connectivity index (χ4v) is 4.48. The summed E-state index contributed by atoms with van der Waals surface area (Å²) < 4.78 is 66.6. The van der Waals surface area contributed by atoms with Gasteiger partial charge in [-0.15, -0.1) is 0 Å². The van der Waals surface area contributed by atoms with Crippen LogP contribution in [0, 0.1) is 0 Å². The van der Waals surface area contributed by atoms with Crippen LogP contribution >= 0.6 is 0 Å². The van der Waals surface area contributed by atoms with E-state index in [0.29, 0.717) is 31.1 Å².